The Morgan fingerprint density at radius 3 is 2.15 bits per heavy atom. The summed E-state index contributed by atoms with van der Waals surface area (Å²) in [7, 11) is -4.39. The molecule has 0 unspecified atom stereocenters. The van der Waals surface area contributed by atoms with Gasteiger partial charge in [0.05, 0.1) is 23.8 Å². The van der Waals surface area contributed by atoms with E-state index in [2.05, 4.69) is 0 Å². The molecule has 0 spiro atoms. The van der Waals surface area contributed by atoms with Crippen molar-refractivity contribution in [2.45, 2.75) is 44.1 Å². The van der Waals surface area contributed by atoms with Gasteiger partial charge in [0.25, 0.3) is 15.9 Å². The molecule has 4 aromatic rings. The standard InChI is InChI=1S/C36H36Cl2N2O7S/c1-36(2,3)47-34(42)23-40(48(44,45)28-21-26(37)20-27(38)22-28)32-9-5-6-29-30(32)7-4-8-31(29)33(41)15-12-24-10-13-25(14-11-24)35(43)39-16-18-46-19-17-39/h4-11,13-14,20-22H,12,15-19,23H2,1-3H3. The lowest BCUT2D eigenvalue weighted by Gasteiger charge is -2.27. The number of ketones is 1. The van der Waals surface area contributed by atoms with Crippen LogP contribution in [0.1, 0.15) is 53.5 Å². The molecular weight excluding hydrogens is 675 g/mol. The van der Waals surface area contributed by atoms with Gasteiger partial charge in [-0.2, -0.15) is 0 Å². The van der Waals surface area contributed by atoms with E-state index in [9.17, 15) is 22.8 Å². The third-order valence-corrected chi connectivity index (χ3v) is 9.90. The molecule has 9 nitrogen and oxygen atoms in total. The van der Waals surface area contributed by atoms with E-state index < -0.39 is 28.1 Å². The fourth-order valence-corrected chi connectivity index (χ4v) is 7.66. The number of rotatable bonds is 10. The summed E-state index contributed by atoms with van der Waals surface area (Å²) in [6, 6.07) is 21.2. The number of halogens is 2. The second kappa shape index (κ2) is 14.7. The molecule has 48 heavy (non-hydrogen) atoms. The first kappa shape index (κ1) is 35.3. The maximum Gasteiger partial charge on any atom is 0.327 e. The van der Waals surface area contributed by atoms with Crippen molar-refractivity contribution in [1.29, 1.82) is 0 Å². The molecule has 252 valence electrons. The number of Topliss-reactive ketones (excluding diaryl/α,β-unsaturated/α-hetero) is 1. The normalized spacial score (nSPS) is 13.7. The number of carbonyl (C=O) groups is 3. The highest BCUT2D eigenvalue weighted by Crippen LogP contribution is 2.35. The van der Waals surface area contributed by atoms with Crippen molar-refractivity contribution >= 4 is 67.3 Å². The smallest absolute Gasteiger partial charge is 0.327 e. The molecule has 1 heterocycles. The number of morpholine rings is 1. The van der Waals surface area contributed by atoms with Gasteiger partial charge in [-0.1, -0.05) is 65.7 Å². The number of sulfonamides is 1. The molecule has 1 fully saturated rings. The summed E-state index contributed by atoms with van der Waals surface area (Å²) >= 11 is 12.3. The first-order valence-electron chi connectivity index (χ1n) is 15.4. The number of benzene rings is 4. The van der Waals surface area contributed by atoms with Crippen LogP contribution in [0.4, 0.5) is 5.69 Å². The zero-order valence-corrected chi connectivity index (χ0v) is 29.2. The second-order valence-electron chi connectivity index (χ2n) is 12.4. The van der Waals surface area contributed by atoms with E-state index >= 15 is 0 Å². The van der Waals surface area contributed by atoms with Gasteiger partial charge in [0, 0.05) is 46.1 Å². The number of nitrogens with zero attached hydrogens (tertiary/aromatic N) is 2. The summed E-state index contributed by atoms with van der Waals surface area (Å²) in [5, 5.41) is 1.21. The lowest BCUT2D eigenvalue weighted by atomic mass is 9.96. The minimum atomic E-state index is -4.39. The van der Waals surface area contributed by atoms with Crippen LogP contribution >= 0.6 is 23.2 Å². The highest BCUT2D eigenvalue weighted by Gasteiger charge is 2.31. The van der Waals surface area contributed by atoms with Gasteiger partial charge in [0.1, 0.15) is 12.1 Å². The Morgan fingerprint density at radius 1 is 0.875 bits per heavy atom. The van der Waals surface area contributed by atoms with Crippen LogP contribution in [0.5, 0.6) is 0 Å². The summed E-state index contributed by atoms with van der Waals surface area (Å²) in [4.78, 5) is 41.0. The molecule has 0 aromatic heterocycles. The molecule has 1 aliphatic rings. The van der Waals surface area contributed by atoms with Crippen molar-refractivity contribution in [3.05, 3.63) is 106 Å². The van der Waals surface area contributed by atoms with Crippen LogP contribution in [-0.2, 0) is 30.7 Å². The number of hydrogen-bond acceptors (Lipinski definition) is 7. The molecule has 0 bridgehead atoms. The SMILES string of the molecule is CC(C)(C)OC(=O)CN(c1cccc2c(C(=O)CCc3ccc(C(=O)N4CCOCC4)cc3)cccc12)S(=O)(=O)c1cc(Cl)cc(Cl)c1. The molecule has 1 saturated heterocycles. The summed E-state index contributed by atoms with van der Waals surface area (Å²) in [5.41, 5.74) is 1.22. The number of aryl methyl sites for hydroxylation is 1. The van der Waals surface area contributed by atoms with E-state index in [-0.39, 0.29) is 38.7 Å². The van der Waals surface area contributed by atoms with Crippen molar-refractivity contribution in [2.75, 3.05) is 37.2 Å². The number of ether oxygens (including phenoxy) is 2. The number of fused-ring (bicyclic) bond motifs is 1. The van der Waals surface area contributed by atoms with E-state index in [1.54, 1.807) is 74.2 Å². The van der Waals surface area contributed by atoms with E-state index in [0.717, 1.165) is 9.87 Å². The number of esters is 1. The van der Waals surface area contributed by atoms with Crippen LogP contribution in [0.3, 0.4) is 0 Å². The largest absolute Gasteiger partial charge is 0.459 e. The van der Waals surface area contributed by atoms with E-state index in [1.807, 2.05) is 12.1 Å². The third kappa shape index (κ3) is 8.36. The van der Waals surface area contributed by atoms with Gasteiger partial charge in [-0.05, 0) is 74.5 Å². The number of hydrogen-bond donors (Lipinski definition) is 0. The van der Waals surface area contributed by atoms with Gasteiger partial charge in [0.2, 0.25) is 0 Å². The van der Waals surface area contributed by atoms with Gasteiger partial charge in [0.15, 0.2) is 5.78 Å². The minimum Gasteiger partial charge on any atom is -0.459 e. The van der Waals surface area contributed by atoms with Crippen LogP contribution in [-0.4, -0.2) is 69.4 Å². The molecule has 0 N–H and O–H groups in total. The van der Waals surface area contributed by atoms with Gasteiger partial charge < -0.3 is 14.4 Å². The Labute approximate surface area is 290 Å². The monoisotopic (exact) mass is 710 g/mol. The summed E-state index contributed by atoms with van der Waals surface area (Å²) < 4.78 is 40.0. The Hall–Kier alpha value is -3.96. The molecule has 0 atom stereocenters. The van der Waals surface area contributed by atoms with Gasteiger partial charge in [-0.15, -0.1) is 0 Å². The van der Waals surface area contributed by atoms with Gasteiger partial charge in [-0.25, -0.2) is 8.42 Å². The first-order chi connectivity index (χ1) is 22.7. The van der Waals surface area contributed by atoms with Crippen molar-refractivity contribution < 1.29 is 32.3 Å². The Morgan fingerprint density at radius 2 is 1.50 bits per heavy atom. The minimum absolute atomic E-state index is 0.0475. The molecule has 0 radical (unpaired) electrons. The maximum absolute atomic E-state index is 14.1. The fourth-order valence-electron chi connectivity index (χ4n) is 5.50. The lowest BCUT2D eigenvalue weighted by molar-refractivity contribution is -0.152. The Kier molecular flexibility index (Phi) is 10.8. The van der Waals surface area contributed by atoms with Crippen LogP contribution in [0.2, 0.25) is 10.0 Å². The molecule has 0 saturated carbocycles. The summed E-state index contributed by atoms with van der Waals surface area (Å²) in [6.07, 6.45) is 0.622. The quantitative estimate of drug-likeness (QED) is 0.129. The van der Waals surface area contributed by atoms with Crippen LogP contribution in [0, 0.1) is 0 Å². The number of amides is 1. The zero-order chi connectivity index (χ0) is 34.6. The van der Waals surface area contributed by atoms with Crippen LogP contribution in [0.25, 0.3) is 10.8 Å². The highest BCUT2D eigenvalue weighted by atomic mass is 35.5. The molecular formula is C36H36Cl2N2O7S. The average Bonchev–Trinajstić information content (AvgIpc) is 3.04. The molecule has 1 amide bonds. The topological polar surface area (TPSA) is 110 Å². The van der Waals surface area contributed by atoms with Crippen molar-refractivity contribution in [2.24, 2.45) is 0 Å². The Balaban J connectivity index is 1.43. The number of carbonyl (C=O) groups excluding carboxylic acids is 3. The highest BCUT2D eigenvalue weighted by molar-refractivity contribution is 7.93. The summed E-state index contributed by atoms with van der Waals surface area (Å²) in [5.74, 6) is -0.954. The lowest BCUT2D eigenvalue weighted by Crippen LogP contribution is -2.40. The Bertz CT molecular complexity index is 1930. The van der Waals surface area contributed by atoms with E-state index in [4.69, 9.17) is 32.7 Å². The third-order valence-electron chi connectivity index (χ3n) is 7.72. The van der Waals surface area contributed by atoms with Gasteiger partial charge in [-0.3, -0.25) is 18.7 Å². The van der Waals surface area contributed by atoms with E-state index in [1.165, 1.54) is 18.2 Å². The van der Waals surface area contributed by atoms with Gasteiger partial charge >= 0.3 is 5.97 Å². The van der Waals surface area contributed by atoms with Crippen LogP contribution < -0.4 is 4.31 Å². The molecule has 0 aliphatic carbocycles. The van der Waals surface area contributed by atoms with Crippen molar-refractivity contribution in [3.8, 4) is 0 Å². The predicted molar refractivity (Wildman–Crippen MR) is 187 cm³/mol. The first-order valence-corrected chi connectivity index (χ1v) is 17.6. The van der Waals surface area contributed by atoms with Crippen LogP contribution in [0.15, 0.2) is 83.8 Å². The molecule has 5 rings (SSSR count). The average molecular weight is 712 g/mol. The predicted octanol–water partition coefficient (Wildman–Crippen LogP) is 6.97. The molecule has 4 aromatic carbocycles. The van der Waals surface area contributed by atoms with Crippen molar-refractivity contribution in [3.63, 3.8) is 0 Å². The summed E-state index contributed by atoms with van der Waals surface area (Å²) in [6.45, 7) is 6.60. The zero-order valence-electron chi connectivity index (χ0n) is 26.9. The maximum atomic E-state index is 14.1. The fraction of sp³-hybridized carbons (Fsp3) is 0.306. The molecule has 12 heteroatoms. The molecule has 1 aliphatic heterocycles. The van der Waals surface area contributed by atoms with E-state index in [0.29, 0.717) is 54.6 Å². The van der Waals surface area contributed by atoms with Crippen molar-refractivity contribution in [1.82, 2.24) is 4.90 Å². The second-order valence-corrected chi connectivity index (χ2v) is 15.1. The number of anilines is 1.